The molecule has 0 fully saturated rings. The van der Waals surface area contributed by atoms with E-state index in [-0.39, 0.29) is 23.2 Å². The van der Waals surface area contributed by atoms with Crippen LogP contribution < -0.4 is 9.73 Å². The van der Waals surface area contributed by atoms with Gasteiger partial charge < -0.3 is 0 Å². The third-order valence-corrected chi connectivity index (χ3v) is 7.86. The number of aryl methyl sites for hydroxylation is 1. The first-order valence-electron chi connectivity index (χ1n) is 10.4. The molecule has 35 heavy (non-hydrogen) atoms. The second-order valence-corrected chi connectivity index (χ2v) is 10.9. The summed E-state index contributed by atoms with van der Waals surface area (Å²) in [7, 11) is -4.03. The molecule has 0 saturated carbocycles. The highest BCUT2D eigenvalue weighted by atomic mass is 35.5. The van der Waals surface area contributed by atoms with Crippen LogP contribution in [0.2, 0.25) is 15.1 Å². The molecule has 1 aliphatic heterocycles. The Hall–Kier alpha value is -2.69. The third kappa shape index (κ3) is 5.60. The Bertz CT molecular complexity index is 1430. The molecule has 0 bridgehead atoms. The number of hydrogen-bond acceptors (Lipinski definition) is 6. The number of benzene rings is 3. The largest absolute Gasteiger partial charge is 0.270 e. The van der Waals surface area contributed by atoms with Crippen LogP contribution in [-0.4, -0.2) is 25.6 Å². The summed E-state index contributed by atoms with van der Waals surface area (Å²) >= 11 is 18.5. The molecule has 0 spiro atoms. The van der Waals surface area contributed by atoms with E-state index >= 15 is 0 Å². The molecule has 0 aromatic heterocycles. The van der Waals surface area contributed by atoms with Gasteiger partial charge >= 0.3 is 0 Å². The van der Waals surface area contributed by atoms with Crippen molar-refractivity contribution in [2.45, 2.75) is 24.3 Å². The molecule has 1 aliphatic rings. The summed E-state index contributed by atoms with van der Waals surface area (Å²) in [6.45, 7) is 1.49. The van der Waals surface area contributed by atoms with Gasteiger partial charge in [-0.25, -0.2) is 13.1 Å². The SMILES string of the molecule is Cc1ccc([N+](=O)[O-])cc1S(=O)(=O)NCC1=NN(c2ccc(Cl)cc2Cl)[C@@H](c2ccc(Cl)cc2)C1. The molecule has 3 aromatic rings. The van der Waals surface area contributed by atoms with Gasteiger partial charge in [0.25, 0.3) is 5.69 Å². The van der Waals surface area contributed by atoms with E-state index in [0.29, 0.717) is 38.5 Å². The predicted octanol–water partition coefficient (Wildman–Crippen LogP) is 6.15. The lowest BCUT2D eigenvalue weighted by molar-refractivity contribution is -0.385. The number of sulfonamides is 1. The molecule has 1 atom stereocenters. The Morgan fingerprint density at radius 1 is 1.06 bits per heavy atom. The first-order chi connectivity index (χ1) is 16.5. The standard InChI is InChI=1S/C23H19Cl3N4O4S/c1-14-2-8-19(30(31)32)12-23(14)35(33,34)27-13-18-11-22(15-3-5-16(24)6-4-15)29(28-18)21-9-7-17(25)10-20(21)26/h2-10,12,22,27H,11,13H2,1H3/t22-/m1/s1. The van der Waals surface area contributed by atoms with Crippen LogP contribution in [0.5, 0.6) is 0 Å². The summed E-state index contributed by atoms with van der Waals surface area (Å²) in [5.74, 6) is 0. The number of nitro groups is 1. The van der Waals surface area contributed by atoms with Crippen LogP contribution in [0.25, 0.3) is 0 Å². The summed E-state index contributed by atoms with van der Waals surface area (Å²) in [5, 5.41) is 18.9. The van der Waals surface area contributed by atoms with Crippen LogP contribution in [0.1, 0.15) is 23.6 Å². The Kier molecular flexibility index (Phi) is 7.35. The van der Waals surface area contributed by atoms with Crippen LogP contribution in [-0.2, 0) is 10.0 Å². The number of halogens is 3. The zero-order valence-corrected chi connectivity index (χ0v) is 21.4. The topological polar surface area (TPSA) is 105 Å². The van der Waals surface area contributed by atoms with E-state index < -0.39 is 14.9 Å². The van der Waals surface area contributed by atoms with Gasteiger partial charge in [-0.2, -0.15) is 5.10 Å². The number of nitrogens with one attached hydrogen (secondary N) is 1. The van der Waals surface area contributed by atoms with Gasteiger partial charge in [-0.15, -0.1) is 0 Å². The Morgan fingerprint density at radius 2 is 1.74 bits per heavy atom. The van der Waals surface area contributed by atoms with Crippen molar-refractivity contribution in [2.24, 2.45) is 5.10 Å². The van der Waals surface area contributed by atoms with Gasteiger partial charge in [0.2, 0.25) is 10.0 Å². The van der Waals surface area contributed by atoms with Crippen molar-refractivity contribution < 1.29 is 13.3 Å². The van der Waals surface area contributed by atoms with Crippen molar-refractivity contribution in [2.75, 3.05) is 11.6 Å². The predicted molar refractivity (Wildman–Crippen MR) is 138 cm³/mol. The van der Waals surface area contributed by atoms with Crippen molar-refractivity contribution in [3.63, 3.8) is 0 Å². The molecule has 1 N–H and O–H groups in total. The number of anilines is 1. The molecule has 3 aromatic carbocycles. The van der Waals surface area contributed by atoms with E-state index in [2.05, 4.69) is 9.82 Å². The van der Waals surface area contributed by atoms with Crippen LogP contribution >= 0.6 is 34.8 Å². The van der Waals surface area contributed by atoms with Gasteiger partial charge in [-0.05, 0) is 48.4 Å². The van der Waals surface area contributed by atoms with Crippen molar-refractivity contribution in [3.8, 4) is 0 Å². The fourth-order valence-electron chi connectivity index (χ4n) is 3.76. The van der Waals surface area contributed by atoms with Crippen LogP contribution in [0.3, 0.4) is 0 Å². The summed E-state index contributed by atoms with van der Waals surface area (Å²) in [6.07, 6.45) is 0.414. The van der Waals surface area contributed by atoms with Gasteiger partial charge in [0.15, 0.2) is 0 Å². The molecule has 182 valence electrons. The van der Waals surface area contributed by atoms with Crippen molar-refractivity contribution in [3.05, 3.63) is 97.0 Å². The second-order valence-electron chi connectivity index (χ2n) is 7.91. The molecule has 12 heteroatoms. The molecule has 0 amide bonds. The van der Waals surface area contributed by atoms with Crippen molar-refractivity contribution in [1.29, 1.82) is 0 Å². The third-order valence-electron chi connectivity index (χ3n) is 5.52. The van der Waals surface area contributed by atoms with Gasteiger partial charge in [0, 0.05) is 28.6 Å². The minimum Gasteiger partial charge on any atom is -0.258 e. The lowest BCUT2D eigenvalue weighted by atomic mass is 10.0. The normalized spacial score (nSPS) is 15.8. The van der Waals surface area contributed by atoms with E-state index in [0.717, 1.165) is 11.6 Å². The minimum absolute atomic E-state index is 0.0870. The lowest BCUT2D eigenvalue weighted by Crippen LogP contribution is -2.29. The Labute approximate surface area is 217 Å². The van der Waals surface area contributed by atoms with Crippen LogP contribution in [0.15, 0.2) is 70.7 Å². The maximum absolute atomic E-state index is 13.0. The number of hydrazone groups is 1. The van der Waals surface area contributed by atoms with Crippen LogP contribution in [0, 0.1) is 17.0 Å². The monoisotopic (exact) mass is 552 g/mol. The summed E-state index contributed by atoms with van der Waals surface area (Å²) in [4.78, 5) is 10.3. The Balaban J connectivity index is 1.63. The molecule has 0 radical (unpaired) electrons. The van der Waals surface area contributed by atoms with Gasteiger partial charge in [-0.3, -0.25) is 15.1 Å². The van der Waals surface area contributed by atoms with E-state index in [4.69, 9.17) is 34.8 Å². The van der Waals surface area contributed by atoms with Gasteiger partial charge in [0.1, 0.15) is 0 Å². The van der Waals surface area contributed by atoms with E-state index in [1.165, 1.54) is 12.1 Å². The number of nitro benzene ring substituents is 1. The maximum Gasteiger partial charge on any atom is 0.270 e. The maximum atomic E-state index is 13.0. The first kappa shape index (κ1) is 25.4. The molecular formula is C23H19Cl3N4O4S. The number of hydrogen-bond donors (Lipinski definition) is 1. The van der Waals surface area contributed by atoms with Crippen molar-refractivity contribution >= 4 is 61.9 Å². The smallest absolute Gasteiger partial charge is 0.258 e. The van der Waals surface area contributed by atoms with Crippen LogP contribution in [0.4, 0.5) is 11.4 Å². The summed E-state index contributed by atoms with van der Waals surface area (Å²) < 4.78 is 28.4. The fourth-order valence-corrected chi connectivity index (χ4v) is 5.66. The van der Waals surface area contributed by atoms with E-state index in [1.807, 2.05) is 12.1 Å². The zero-order valence-electron chi connectivity index (χ0n) is 18.3. The number of nitrogens with zero attached hydrogens (tertiary/aromatic N) is 3. The quantitative estimate of drug-likeness (QED) is 0.279. The van der Waals surface area contributed by atoms with Crippen molar-refractivity contribution in [1.82, 2.24) is 4.72 Å². The molecule has 8 nitrogen and oxygen atoms in total. The van der Waals surface area contributed by atoms with E-state index in [9.17, 15) is 18.5 Å². The Morgan fingerprint density at radius 3 is 2.40 bits per heavy atom. The van der Waals surface area contributed by atoms with E-state index in [1.54, 1.807) is 42.3 Å². The van der Waals surface area contributed by atoms with Gasteiger partial charge in [0.05, 0.1) is 38.8 Å². The highest BCUT2D eigenvalue weighted by molar-refractivity contribution is 7.89. The fraction of sp³-hybridized carbons (Fsp3) is 0.174. The highest BCUT2D eigenvalue weighted by Gasteiger charge is 2.31. The average molecular weight is 554 g/mol. The zero-order chi connectivity index (χ0) is 25.3. The number of non-ortho nitro benzene ring substituents is 1. The second kappa shape index (κ2) is 10.1. The molecule has 1 heterocycles. The average Bonchev–Trinajstić information content (AvgIpc) is 3.22. The molecule has 0 aliphatic carbocycles. The summed E-state index contributed by atoms with van der Waals surface area (Å²) in [5.41, 5.74) is 2.17. The molecular weight excluding hydrogens is 535 g/mol. The minimum atomic E-state index is -4.03. The molecule has 0 unspecified atom stereocenters. The molecule has 4 rings (SSSR count). The summed E-state index contributed by atoms with van der Waals surface area (Å²) in [6, 6.07) is 15.8. The van der Waals surface area contributed by atoms with Gasteiger partial charge in [-0.1, -0.05) is 53.0 Å². The highest BCUT2D eigenvalue weighted by Crippen LogP contribution is 2.39. The lowest BCUT2D eigenvalue weighted by Gasteiger charge is -2.25. The number of rotatable bonds is 7. The first-order valence-corrected chi connectivity index (χ1v) is 13.0. The molecule has 0 saturated heterocycles.